The molecule has 6 nitrogen and oxygen atoms in total. The first-order valence-electron chi connectivity index (χ1n) is 10.1. The molecule has 1 aromatic heterocycles. The summed E-state index contributed by atoms with van der Waals surface area (Å²) in [5, 5.41) is 12.2. The number of aryl methyl sites for hydroxylation is 2. The molecule has 3 aromatic rings. The molecule has 1 atom stereocenters. The molecule has 0 bridgehead atoms. The number of aliphatic hydroxyl groups is 1. The van der Waals surface area contributed by atoms with Gasteiger partial charge in [-0.3, -0.25) is 19.5 Å². The molecule has 1 amide bonds. The van der Waals surface area contributed by atoms with Crippen molar-refractivity contribution in [3.8, 4) is 5.75 Å². The van der Waals surface area contributed by atoms with Gasteiger partial charge in [-0.1, -0.05) is 23.2 Å². The van der Waals surface area contributed by atoms with Crippen LogP contribution in [0.2, 0.25) is 10.0 Å². The number of hydrogen-bond donors (Lipinski definition) is 1. The van der Waals surface area contributed by atoms with Gasteiger partial charge in [-0.2, -0.15) is 0 Å². The molecule has 0 saturated carbocycles. The third kappa shape index (κ3) is 3.96. The lowest BCUT2D eigenvalue weighted by molar-refractivity contribution is -0.132. The maximum atomic E-state index is 13.3. The lowest BCUT2D eigenvalue weighted by atomic mass is 9.94. The predicted molar refractivity (Wildman–Crippen MR) is 128 cm³/mol. The van der Waals surface area contributed by atoms with Gasteiger partial charge < -0.3 is 9.84 Å². The van der Waals surface area contributed by atoms with E-state index in [1.54, 1.807) is 68.7 Å². The summed E-state index contributed by atoms with van der Waals surface area (Å²) in [7, 11) is 1.42. The van der Waals surface area contributed by atoms with E-state index in [4.69, 9.17) is 27.9 Å². The van der Waals surface area contributed by atoms with Gasteiger partial charge in [-0.05, 0) is 73.0 Å². The monoisotopic (exact) mass is 482 g/mol. The van der Waals surface area contributed by atoms with Crippen molar-refractivity contribution in [2.24, 2.45) is 0 Å². The zero-order valence-electron chi connectivity index (χ0n) is 18.1. The van der Waals surface area contributed by atoms with Crippen molar-refractivity contribution in [1.82, 2.24) is 4.98 Å². The van der Waals surface area contributed by atoms with Gasteiger partial charge in [0.1, 0.15) is 11.5 Å². The Labute approximate surface area is 201 Å². The van der Waals surface area contributed by atoms with Gasteiger partial charge >= 0.3 is 0 Å². The lowest BCUT2D eigenvalue weighted by Crippen LogP contribution is -2.30. The molecule has 1 aliphatic heterocycles. The normalized spacial score (nSPS) is 17.5. The number of aromatic nitrogens is 1. The van der Waals surface area contributed by atoms with E-state index in [9.17, 15) is 14.7 Å². The van der Waals surface area contributed by atoms with Crippen molar-refractivity contribution in [3.05, 3.63) is 92.7 Å². The molecular weight excluding hydrogens is 463 g/mol. The number of carbonyl (C=O) groups excluding carboxylic acids is 2. The average Bonchev–Trinajstić information content (AvgIpc) is 3.04. The number of pyridine rings is 1. The van der Waals surface area contributed by atoms with Crippen molar-refractivity contribution in [1.29, 1.82) is 0 Å². The van der Waals surface area contributed by atoms with E-state index >= 15 is 0 Å². The minimum Gasteiger partial charge on any atom is -0.507 e. The number of amides is 1. The summed E-state index contributed by atoms with van der Waals surface area (Å²) in [6.45, 7) is 3.60. The van der Waals surface area contributed by atoms with Crippen LogP contribution in [0, 0.1) is 13.8 Å². The fraction of sp³-hybridized carbons (Fsp3) is 0.160. The summed E-state index contributed by atoms with van der Waals surface area (Å²) in [6.07, 6.45) is 3.13. The predicted octanol–water partition coefficient (Wildman–Crippen LogP) is 5.64. The van der Waals surface area contributed by atoms with E-state index in [0.29, 0.717) is 21.8 Å². The first-order chi connectivity index (χ1) is 15.7. The smallest absolute Gasteiger partial charge is 0.300 e. The number of rotatable bonds is 4. The summed E-state index contributed by atoms with van der Waals surface area (Å²) in [5.41, 5.74) is 2.74. The Bertz CT molecular complexity index is 1310. The lowest BCUT2D eigenvalue weighted by Gasteiger charge is -2.27. The van der Waals surface area contributed by atoms with Crippen molar-refractivity contribution in [3.63, 3.8) is 0 Å². The third-order valence-electron chi connectivity index (χ3n) is 5.53. The van der Waals surface area contributed by atoms with Crippen LogP contribution < -0.4 is 9.64 Å². The molecule has 0 radical (unpaired) electrons. The van der Waals surface area contributed by atoms with E-state index in [-0.39, 0.29) is 27.7 Å². The molecular formula is C25H20Cl2N2O4. The van der Waals surface area contributed by atoms with E-state index < -0.39 is 17.7 Å². The van der Waals surface area contributed by atoms with Crippen LogP contribution in [0.4, 0.5) is 5.69 Å². The number of methoxy groups -OCH3 is 1. The van der Waals surface area contributed by atoms with Crippen LogP contribution >= 0.6 is 23.2 Å². The zero-order chi connectivity index (χ0) is 23.9. The number of Topliss-reactive ketones (excluding diaryl/α,β-unsaturated/α-hetero) is 1. The second-order valence-electron chi connectivity index (χ2n) is 7.71. The second kappa shape index (κ2) is 8.89. The van der Waals surface area contributed by atoms with Gasteiger partial charge in [0, 0.05) is 23.1 Å². The zero-order valence-corrected chi connectivity index (χ0v) is 19.6. The first-order valence-corrected chi connectivity index (χ1v) is 10.8. The van der Waals surface area contributed by atoms with Crippen molar-refractivity contribution >= 4 is 46.3 Å². The van der Waals surface area contributed by atoms with Crippen LogP contribution in [-0.4, -0.2) is 28.9 Å². The molecule has 1 N–H and O–H groups in total. The Morgan fingerprint density at radius 1 is 1.06 bits per heavy atom. The number of benzene rings is 2. The molecule has 1 fully saturated rings. The number of nitrogens with zero attached hydrogens (tertiary/aromatic N) is 2. The van der Waals surface area contributed by atoms with Crippen molar-refractivity contribution in [2.75, 3.05) is 12.0 Å². The Kier molecular flexibility index (Phi) is 6.15. The molecule has 0 spiro atoms. The minimum absolute atomic E-state index is 0.0690. The van der Waals surface area contributed by atoms with Crippen LogP contribution in [0.3, 0.4) is 0 Å². The maximum absolute atomic E-state index is 13.3. The van der Waals surface area contributed by atoms with Crippen LogP contribution in [0.5, 0.6) is 5.75 Å². The molecule has 168 valence electrons. The maximum Gasteiger partial charge on any atom is 0.300 e. The number of ketones is 1. The summed E-state index contributed by atoms with van der Waals surface area (Å²) < 4.78 is 5.40. The molecule has 1 unspecified atom stereocenters. The standard InChI is InChI=1S/C25H20Cl2N2O4/c1-13-10-17(24(33-3)18(27)11-13)22(30)20-21(15-6-8-28-9-7-15)29(25(32)23(20)31)19-5-4-16(26)12-14(19)2/h4-12,21,30H,1-3H3/b22-20+. The first kappa shape index (κ1) is 22.8. The minimum atomic E-state index is -0.892. The van der Waals surface area contributed by atoms with E-state index in [2.05, 4.69) is 4.98 Å². The number of hydrogen-bond acceptors (Lipinski definition) is 5. The van der Waals surface area contributed by atoms with Crippen molar-refractivity contribution < 1.29 is 19.4 Å². The number of carbonyl (C=O) groups is 2. The number of anilines is 1. The highest BCUT2D eigenvalue weighted by molar-refractivity contribution is 6.52. The van der Waals surface area contributed by atoms with Gasteiger partial charge in [0.15, 0.2) is 0 Å². The Hall–Kier alpha value is -3.35. The van der Waals surface area contributed by atoms with E-state index in [1.165, 1.54) is 12.0 Å². The molecule has 33 heavy (non-hydrogen) atoms. The quantitative estimate of drug-likeness (QED) is 0.295. The number of aliphatic hydroxyl groups excluding tert-OH is 1. The topological polar surface area (TPSA) is 79.7 Å². The van der Waals surface area contributed by atoms with Gasteiger partial charge in [-0.15, -0.1) is 0 Å². The fourth-order valence-corrected chi connectivity index (χ4v) is 4.67. The summed E-state index contributed by atoms with van der Waals surface area (Å²) >= 11 is 12.4. The van der Waals surface area contributed by atoms with Crippen LogP contribution in [0.15, 0.2) is 60.4 Å². The van der Waals surface area contributed by atoms with Crippen molar-refractivity contribution in [2.45, 2.75) is 19.9 Å². The highest BCUT2D eigenvalue weighted by Gasteiger charge is 2.47. The molecule has 2 aromatic carbocycles. The van der Waals surface area contributed by atoms with Gasteiger partial charge in [0.2, 0.25) is 0 Å². The van der Waals surface area contributed by atoms with Gasteiger partial charge in [-0.25, -0.2) is 0 Å². The summed E-state index contributed by atoms with van der Waals surface area (Å²) in [5.74, 6) is -1.74. The molecule has 1 saturated heterocycles. The SMILES string of the molecule is COc1c(Cl)cc(C)cc1/C(O)=C1\C(=O)C(=O)N(c2ccc(Cl)cc2C)C1c1ccncc1. The van der Waals surface area contributed by atoms with Crippen LogP contribution in [0.25, 0.3) is 5.76 Å². The third-order valence-corrected chi connectivity index (χ3v) is 6.05. The molecule has 1 aliphatic rings. The highest BCUT2D eigenvalue weighted by atomic mass is 35.5. The molecule has 2 heterocycles. The van der Waals surface area contributed by atoms with Gasteiger partial charge in [0.25, 0.3) is 11.7 Å². The molecule has 8 heteroatoms. The number of ether oxygens (including phenoxy) is 1. The van der Waals surface area contributed by atoms with E-state index in [0.717, 1.165) is 5.56 Å². The van der Waals surface area contributed by atoms with Crippen LogP contribution in [-0.2, 0) is 9.59 Å². The van der Waals surface area contributed by atoms with Crippen LogP contribution in [0.1, 0.15) is 28.3 Å². The largest absolute Gasteiger partial charge is 0.507 e. The van der Waals surface area contributed by atoms with E-state index in [1.807, 2.05) is 0 Å². The Morgan fingerprint density at radius 2 is 1.76 bits per heavy atom. The summed E-state index contributed by atoms with van der Waals surface area (Å²) in [4.78, 5) is 32.0. The highest BCUT2D eigenvalue weighted by Crippen LogP contribution is 2.45. The second-order valence-corrected chi connectivity index (χ2v) is 8.55. The molecule has 0 aliphatic carbocycles. The average molecular weight is 483 g/mol. The summed E-state index contributed by atoms with van der Waals surface area (Å²) in [6, 6.07) is 10.9. The van der Waals surface area contributed by atoms with Gasteiger partial charge in [0.05, 0.1) is 29.3 Å². The number of halogens is 2. The fourth-order valence-electron chi connectivity index (χ4n) is 4.09. The molecule has 4 rings (SSSR count). The Balaban J connectivity index is 2.02. The Morgan fingerprint density at radius 3 is 2.39 bits per heavy atom.